The largest absolute Gasteiger partial charge is 0.288 e. The van der Waals surface area contributed by atoms with Crippen molar-refractivity contribution in [2.24, 2.45) is 0 Å². The molecule has 176 valence electrons. The van der Waals surface area contributed by atoms with Gasteiger partial charge in [0.1, 0.15) is 5.52 Å². The Hall–Kier alpha value is -3.96. The third-order valence-electron chi connectivity index (χ3n) is 6.45. The molecular formula is C30H30N4O. The molecule has 0 aliphatic carbocycles. The lowest BCUT2D eigenvalue weighted by atomic mass is 10.1. The van der Waals surface area contributed by atoms with Crippen molar-refractivity contribution in [3.05, 3.63) is 142 Å². The first-order chi connectivity index (χ1) is 17.2. The molecule has 5 aromatic rings. The minimum atomic E-state index is -0.0429. The van der Waals surface area contributed by atoms with Gasteiger partial charge in [-0.2, -0.15) is 5.10 Å². The van der Waals surface area contributed by atoms with Gasteiger partial charge in [0.15, 0.2) is 5.82 Å². The lowest BCUT2D eigenvalue weighted by molar-refractivity contribution is 0.160. The molecule has 2 aromatic heterocycles. The molecule has 0 fully saturated rings. The monoisotopic (exact) mass is 462 g/mol. The minimum Gasteiger partial charge on any atom is -0.288 e. The number of hydrogen-bond donors (Lipinski definition) is 0. The van der Waals surface area contributed by atoms with Gasteiger partial charge in [-0.3, -0.25) is 14.3 Å². The average molecular weight is 463 g/mol. The molecule has 0 N–H and O–H groups in total. The van der Waals surface area contributed by atoms with Crippen LogP contribution in [0.3, 0.4) is 0 Å². The van der Waals surface area contributed by atoms with Gasteiger partial charge in [-0.05, 0) is 35.2 Å². The summed E-state index contributed by atoms with van der Waals surface area (Å²) in [7, 11) is 0. The van der Waals surface area contributed by atoms with Gasteiger partial charge in [-0.25, -0.2) is 4.52 Å². The van der Waals surface area contributed by atoms with Crippen LogP contribution in [0.4, 0.5) is 0 Å². The predicted molar refractivity (Wildman–Crippen MR) is 140 cm³/mol. The summed E-state index contributed by atoms with van der Waals surface area (Å²) in [5.41, 5.74) is 4.14. The third kappa shape index (κ3) is 5.10. The second-order valence-electron chi connectivity index (χ2n) is 8.87. The van der Waals surface area contributed by atoms with Crippen LogP contribution in [0.25, 0.3) is 5.52 Å². The van der Waals surface area contributed by atoms with E-state index in [-0.39, 0.29) is 11.6 Å². The van der Waals surface area contributed by atoms with Crippen LogP contribution >= 0.6 is 0 Å². The summed E-state index contributed by atoms with van der Waals surface area (Å²) < 4.78 is 3.59. The first kappa shape index (κ1) is 22.8. The van der Waals surface area contributed by atoms with Crippen LogP contribution < -0.4 is 5.56 Å². The number of fused-ring (bicyclic) bond motifs is 1. The molecule has 0 aliphatic rings. The summed E-state index contributed by atoms with van der Waals surface area (Å²) in [5, 5.41) is 5.01. The van der Waals surface area contributed by atoms with Crippen molar-refractivity contribution in [1.29, 1.82) is 0 Å². The van der Waals surface area contributed by atoms with Crippen LogP contribution in [0.15, 0.2) is 114 Å². The Morgan fingerprint density at radius 1 is 0.743 bits per heavy atom. The van der Waals surface area contributed by atoms with Crippen molar-refractivity contribution < 1.29 is 0 Å². The number of nitrogens with zero attached hydrogens (tertiary/aromatic N) is 4. The fourth-order valence-corrected chi connectivity index (χ4v) is 4.72. The molecule has 2 heterocycles. The first-order valence-corrected chi connectivity index (χ1v) is 12.2. The normalized spacial score (nSPS) is 12.3. The molecule has 1 atom stereocenters. The van der Waals surface area contributed by atoms with Crippen LogP contribution in [0.1, 0.15) is 41.9 Å². The highest BCUT2D eigenvalue weighted by molar-refractivity contribution is 5.44. The zero-order valence-corrected chi connectivity index (χ0v) is 20.0. The van der Waals surface area contributed by atoms with Gasteiger partial charge >= 0.3 is 0 Å². The van der Waals surface area contributed by atoms with Crippen molar-refractivity contribution in [1.82, 2.24) is 19.1 Å². The first-order valence-electron chi connectivity index (χ1n) is 12.2. The Kier molecular flexibility index (Phi) is 6.87. The molecule has 0 aliphatic heterocycles. The molecule has 5 heteroatoms. The van der Waals surface area contributed by atoms with E-state index in [9.17, 15) is 4.79 Å². The maximum absolute atomic E-state index is 13.7. The van der Waals surface area contributed by atoms with Gasteiger partial charge in [0.2, 0.25) is 0 Å². The molecule has 0 amide bonds. The van der Waals surface area contributed by atoms with Gasteiger partial charge in [0, 0.05) is 19.3 Å². The van der Waals surface area contributed by atoms with E-state index in [1.807, 2.05) is 53.2 Å². The molecule has 0 saturated heterocycles. The topological polar surface area (TPSA) is 42.5 Å². The van der Waals surface area contributed by atoms with E-state index in [0.717, 1.165) is 30.9 Å². The number of hydrogen-bond acceptors (Lipinski definition) is 3. The van der Waals surface area contributed by atoms with Gasteiger partial charge in [0.25, 0.3) is 5.56 Å². The minimum absolute atomic E-state index is 0.0123. The van der Waals surface area contributed by atoms with Crippen molar-refractivity contribution in [2.75, 3.05) is 0 Å². The van der Waals surface area contributed by atoms with Crippen LogP contribution in [0, 0.1) is 0 Å². The van der Waals surface area contributed by atoms with Gasteiger partial charge in [0.05, 0.1) is 12.6 Å². The number of rotatable bonds is 9. The molecule has 3 aromatic carbocycles. The Labute approximate surface area is 205 Å². The SMILES string of the molecule is CCC(c1nn2cccc2c(=O)n1Cc1ccccc1)N(Cc1ccccc1)Cc1ccccc1. The fraction of sp³-hybridized carbons (Fsp3) is 0.200. The third-order valence-corrected chi connectivity index (χ3v) is 6.45. The maximum atomic E-state index is 13.7. The fourth-order valence-electron chi connectivity index (χ4n) is 4.72. The Bertz CT molecular complexity index is 1380. The second kappa shape index (κ2) is 10.5. The number of benzene rings is 3. The molecule has 0 radical (unpaired) electrons. The summed E-state index contributed by atoms with van der Waals surface area (Å²) in [6.07, 6.45) is 2.69. The molecular weight excluding hydrogens is 432 g/mol. The predicted octanol–water partition coefficient (Wildman–Crippen LogP) is 5.70. The lowest BCUT2D eigenvalue weighted by Gasteiger charge is -2.32. The van der Waals surface area contributed by atoms with E-state index in [4.69, 9.17) is 5.10 Å². The van der Waals surface area contributed by atoms with E-state index >= 15 is 0 Å². The van der Waals surface area contributed by atoms with Gasteiger partial charge < -0.3 is 0 Å². The summed E-state index contributed by atoms with van der Waals surface area (Å²) in [4.78, 5) is 16.1. The van der Waals surface area contributed by atoms with Crippen molar-refractivity contribution in [3.63, 3.8) is 0 Å². The van der Waals surface area contributed by atoms with E-state index < -0.39 is 0 Å². The number of aromatic nitrogens is 3. The zero-order valence-electron chi connectivity index (χ0n) is 20.0. The quantitative estimate of drug-likeness (QED) is 0.282. The summed E-state index contributed by atoms with van der Waals surface area (Å²) in [5.74, 6) is 0.789. The summed E-state index contributed by atoms with van der Waals surface area (Å²) in [6, 6.07) is 34.8. The van der Waals surface area contributed by atoms with Crippen LogP contribution in [0.2, 0.25) is 0 Å². The molecule has 5 nitrogen and oxygen atoms in total. The van der Waals surface area contributed by atoms with E-state index in [1.54, 1.807) is 4.52 Å². The highest BCUT2D eigenvalue weighted by Crippen LogP contribution is 2.27. The van der Waals surface area contributed by atoms with E-state index in [2.05, 4.69) is 72.5 Å². The maximum Gasteiger partial charge on any atom is 0.278 e. The Morgan fingerprint density at radius 3 is 1.83 bits per heavy atom. The highest BCUT2D eigenvalue weighted by atomic mass is 16.1. The molecule has 5 rings (SSSR count). The second-order valence-corrected chi connectivity index (χ2v) is 8.87. The van der Waals surface area contributed by atoms with Crippen LogP contribution in [-0.2, 0) is 19.6 Å². The van der Waals surface area contributed by atoms with Crippen LogP contribution in [0.5, 0.6) is 0 Å². The van der Waals surface area contributed by atoms with E-state index in [0.29, 0.717) is 12.1 Å². The average Bonchev–Trinajstić information content (AvgIpc) is 3.37. The molecule has 35 heavy (non-hydrogen) atoms. The highest BCUT2D eigenvalue weighted by Gasteiger charge is 2.26. The Morgan fingerprint density at radius 2 is 1.29 bits per heavy atom. The van der Waals surface area contributed by atoms with Gasteiger partial charge in [-0.1, -0.05) is 97.9 Å². The lowest BCUT2D eigenvalue weighted by Crippen LogP contribution is -2.36. The molecule has 0 bridgehead atoms. The van der Waals surface area contributed by atoms with Crippen molar-refractivity contribution >= 4 is 5.52 Å². The summed E-state index contributed by atoms with van der Waals surface area (Å²) in [6.45, 7) is 4.19. The van der Waals surface area contributed by atoms with E-state index in [1.165, 1.54) is 11.1 Å². The molecule has 0 spiro atoms. The standard InChI is InChI=1S/C30H30N4O/c1-2-27(32(21-24-13-6-3-7-14-24)22-25-15-8-4-9-16-25)29-31-34-20-12-19-28(34)30(35)33(29)23-26-17-10-5-11-18-26/h3-20,27H,2,21-23H2,1H3. The van der Waals surface area contributed by atoms with Crippen molar-refractivity contribution in [3.8, 4) is 0 Å². The summed E-state index contributed by atoms with van der Waals surface area (Å²) >= 11 is 0. The Balaban J connectivity index is 1.62. The van der Waals surface area contributed by atoms with Crippen LogP contribution in [-0.4, -0.2) is 19.1 Å². The van der Waals surface area contributed by atoms with Crippen molar-refractivity contribution in [2.45, 2.75) is 39.0 Å². The molecule has 0 saturated carbocycles. The molecule has 1 unspecified atom stereocenters. The smallest absolute Gasteiger partial charge is 0.278 e. The zero-order chi connectivity index (χ0) is 24.0. The van der Waals surface area contributed by atoms with Gasteiger partial charge in [-0.15, -0.1) is 0 Å².